The summed E-state index contributed by atoms with van der Waals surface area (Å²) in [5, 5.41) is 3.81. The summed E-state index contributed by atoms with van der Waals surface area (Å²) in [5.74, 6) is -0.247. The Kier molecular flexibility index (Phi) is 5.07. The van der Waals surface area contributed by atoms with Crippen molar-refractivity contribution in [3.8, 4) is 5.75 Å². The molecule has 2 aromatic heterocycles. The molecular formula is C19H18F3N3O2. The van der Waals surface area contributed by atoms with Crippen molar-refractivity contribution in [2.24, 2.45) is 7.05 Å². The zero-order valence-corrected chi connectivity index (χ0v) is 14.7. The van der Waals surface area contributed by atoms with Gasteiger partial charge in [0.05, 0.1) is 17.9 Å². The number of alkyl halides is 3. The number of halogens is 3. The Morgan fingerprint density at radius 2 is 2.00 bits per heavy atom. The number of hydrogen-bond donors (Lipinski definition) is 1. The lowest BCUT2D eigenvalue weighted by Crippen LogP contribution is -2.28. The molecule has 0 unspecified atom stereocenters. The van der Waals surface area contributed by atoms with Crippen LogP contribution in [0.15, 0.2) is 48.7 Å². The van der Waals surface area contributed by atoms with Gasteiger partial charge in [0.1, 0.15) is 11.4 Å². The normalized spacial score (nSPS) is 12.8. The first kappa shape index (κ1) is 18.8. The Bertz CT molecular complexity index is 949. The molecule has 3 rings (SSSR count). The van der Waals surface area contributed by atoms with Gasteiger partial charge in [0, 0.05) is 18.0 Å². The van der Waals surface area contributed by atoms with Gasteiger partial charge in [-0.25, -0.2) is 0 Å². The van der Waals surface area contributed by atoms with Crippen LogP contribution in [0.5, 0.6) is 5.75 Å². The highest BCUT2D eigenvalue weighted by Crippen LogP contribution is 2.21. The Morgan fingerprint density at radius 1 is 1.26 bits per heavy atom. The number of hydrogen-bond acceptors (Lipinski definition) is 3. The molecule has 0 aliphatic carbocycles. The minimum Gasteiger partial charge on any atom is -0.483 e. The van der Waals surface area contributed by atoms with Crippen LogP contribution in [0.4, 0.5) is 13.2 Å². The fourth-order valence-electron chi connectivity index (χ4n) is 2.75. The van der Waals surface area contributed by atoms with Crippen molar-refractivity contribution in [2.75, 3.05) is 6.61 Å². The minimum atomic E-state index is -4.40. The second kappa shape index (κ2) is 7.30. The molecule has 27 heavy (non-hydrogen) atoms. The van der Waals surface area contributed by atoms with Crippen molar-refractivity contribution in [3.05, 3.63) is 60.0 Å². The molecule has 5 nitrogen and oxygen atoms in total. The standard InChI is InChI=1S/C19H18F3N3O2/c1-12(15-8-7-14(10-23-15)27-11-19(20,21)22)24-18(26)17-9-13-5-3-4-6-16(13)25(17)2/h3-10,12H,11H2,1-2H3,(H,24,26)/t12-/m1/s1. The number of benzene rings is 1. The number of aryl methyl sites for hydroxylation is 1. The molecule has 0 spiro atoms. The van der Waals surface area contributed by atoms with Crippen LogP contribution >= 0.6 is 0 Å². The lowest BCUT2D eigenvalue weighted by molar-refractivity contribution is -0.153. The van der Waals surface area contributed by atoms with E-state index in [1.807, 2.05) is 31.3 Å². The second-order valence-electron chi connectivity index (χ2n) is 6.17. The summed E-state index contributed by atoms with van der Waals surface area (Å²) < 4.78 is 42.9. The van der Waals surface area contributed by atoms with Crippen molar-refractivity contribution >= 4 is 16.8 Å². The van der Waals surface area contributed by atoms with Crippen LogP contribution < -0.4 is 10.1 Å². The molecule has 1 N–H and O–H groups in total. The van der Waals surface area contributed by atoms with E-state index in [-0.39, 0.29) is 11.7 Å². The van der Waals surface area contributed by atoms with E-state index in [9.17, 15) is 18.0 Å². The summed E-state index contributed by atoms with van der Waals surface area (Å²) in [4.78, 5) is 16.7. The highest BCUT2D eigenvalue weighted by molar-refractivity contribution is 5.98. The van der Waals surface area contributed by atoms with Crippen LogP contribution in [0.2, 0.25) is 0 Å². The number of rotatable bonds is 5. The summed E-state index contributed by atoms with van der Waals surface area (Å²) in [6.07, 6.45) is -3.20. The first-order valence-electron chi connectivity index (χ1n) is 8.25. The molecular weight excluding hydrogens is 359 g/mol. The number of amides is 1. The predicted molar refractivity (Wildman–Crippen MR) is 94.6 cm³/mol. The van der Waals surface area contributed by atoms with Crippen molar-refractivity contribution in [3.63, 3.8) is 0 Å². The quantitative estimate of drug-likeness (QED) is 0.731. The van der Waals surface area contributed by atoms with E-state index >= 15 is 0 Å². The Labute approximate surface area is 153 Å². The van der Waals surface area contributed by atoms with Crippen LogP contribution in [0, 0.1) is 0 Å². The van der Waals surface area contributed by atoms with Gasteiger partial charge in [-0.2, -0.15) is 13.2 Å². The van der Waals surface area contributed by atoms with Gasteiger partial charge in [0.15, 0.2) is 6.61 Å². The van der Waals surface area contributed by atoms with Gasteiger partial charge in [-0.3, -0.25) is 9.78 Å². The molecule has 1 amide bonds. The molecule has 3 aromatic rings. The lowest BCUT2D eigenvalue weighted by Gasteiger charge is -2.15. The molecule has 8 heteroatoms. The third-order valence-electron chi connectivity index (χ3n) is 4.14. The lowest BCUT2D eigenvalue weighted by atomic mass is 10.2. The number of fused-ring (bicyclic) bond motifs is 1. The smallest absolute Gasteiger partial charge is 0.422 e. The maximum absolute atomic E-state index is 12.6. The molecule has 0 bridgehead atoms. The monoisotopic (exact) mass is 377 g/mol. The minimum absolute atomic E-state index is 0.0169. The van der Waals surface area contributed by atoms with Gasteiger partial charge in [-0.1, -0.05) is 18.2 Å². The van der Waals surface area contributed by atoms with Gasteiger partial charge < -0.3 is 14.6 Å². The molecule has 0 fully saturated rings. The molecule has 0 saturated carbocycles. The number of nitrogens with one attached hydrogen (secondary N) is 1. The third-order valence-corrected chi connectivity index (χ3v) is 4.14. The van der Waals surface area contributed by atoms with E-state index in [1.165, 1.54) is 18.3 Å². The van der Waals surface area contributed by atoms with E-state index in [0.717, 1.165) is 10.9 Å². The molecule has 0 saturated heterocycles. The van der Waals surface area contributed by atoms with Crippen LogP contribution in [0.3, 0.4) is 0 Å². The summed E-state index contributed by atoms with van der Waals surface area (Å²) in [6.45, 7) is 0.375. The van der Waals surface area contributed by atoms with E-state index < -0.39 is 18.8 Å². The van der Waals surface area contributed by atoms with E-state index in [1.54, 1.807) is 17.6 Å². The van der Waals surface area contributed by atoms with Crippen molar-refractivity contribution in [1.29, 1.82) is 0 Å². The second-order valence-corrected chi connectivity index (χ2v) is 6.17. The topological polar surface area (TPSA) is 56.2 Å². The zero-order chi connectivity index (χ0) is 19.6. The SMILES string of the molecule is C[C@@H](NC(=O)c1cc2ccccc2n1C)c1ccc(OCC(F)(F)F)cn1. The average molecular weight is 377 g/mol. The maximum atomic E-state index is 12.6. The van der Waals surface area contributed by atoms with Gasteiger partial charge >= 0.3 is 6.18 Å². The Balaban J connectivity index is 1.68. The summed E-state index contributed by atoms with van der Waals surface area (Å²) in [7, 11) is 1.81. The molecule has 1 atom stereocenters. The Morgan fingerprint density at radius 3 is 2.63 bits per heavy atom. The first-order valence-corrected chi connectivity index (χ1v) is 8.25. The number of aromatic nitrogens is 2. The highest BCUT2D eigenvalue weighted by atomic mass is 19.4. The molecule has 1 aromatic carbocycles. The van der Waals surface area contributed by atoms with Crippen LogP contribution in [0.25, 0.3) is 10.9 Å². The number of pyridine rings is 1. The first-order chi connectivity index (χ1) is 12.7. The van der Waals surface area contributed by atoms with Crippen LogP contribution in [-0.4, -0.2) is 28.2 Å². The number of carbonyl (C=O) groups excluding carboxylic acids is 1. The van der Waals surface area contributed by atoms with Gasteiger partial charge in [0.2, 0.25) is 0 Å². The molecule has 0 radical (unpaired) electrons. The fraction of sp³-hybridized carbons (Fsp3) is 0.263. The number of nitrogens with zero attached hydrogens (tertiary/aromatic N) is 2. The van der Waals surface area contributed by atoms with Crippen molar-refractivity contribution < 1.29 is 22.7 Å². The summed E-state index contributed by atoms with van der Waals surface area (Å²) in [5.41, 5.74) is 1.97. The largest absolute Gasteiger partial charge is 0.483 e. The fourth-order valence-corrected chi connectivity index (χ4v) is 2.75. The van der Waals surface area contributed by atoms with Gasteiger partial charge in [-0.15, -0.1) is 0 Å². The predicted octanol–water partition coefficient (Wildman–Crippen LogP) is 4.01. The summed E-state index contributed by atoms with van der Waals surface area (Å²) in [6, 6.07) is 12.0. The molecule has 2 heterocycles. The number of para-hydroxylation sites is 1. The highest BCUT2D eigenvalue weighted by Gasteiger charge is 2.28. The van der Waals surface area contributed by atoms with Crippen molar-refractivity contribution in [2.45, 2.75) is 19.1 Å². The average Bonchev–Trinajstić information content (AvgIpc) is 2.97. The van der Waals surface area contributed by atoms with Gasteiger partial charge in [0.25, 0.3) is 5.91 Å². The Hall–Kier alpha value is -3.03. The molecule has 0 aliphatic rings. The van der Waals surface area contributed by atoms with E-state index in [0.29, 0.717) is 11.4 Å². The molecule has 0 aliphatic heterocycles. The zero-order valence-electron chi connectivity index (χ0n) is 14.7. The summed E-state index contributed by atoms with van der Waals surface area (Å²) >= 11 is 0. The number of carbonyl (C=O) groups is 1. The van der Waals surface area contributed by atoms with E-state index in [4.69, 9.17) is 0 Å². The van der Waals surface area contributed by atoms with E-state index in [2.05, 4.69) is 15.0 Å². The number of ether oxygens (including phenoxy) is 1. The van der Waals surface area contributed by atoms with Crippen LogP contribution in [0.1, 0.15) is 29.1 Å². The third kappa shape index (κ3) is 4.39. The van der Waals surface area contributed by atoms with Crippen molar-refractivity contribution in [1.82, 2.24) is 14.9 Å². The van der Waals surface area contributed by atoms with Gasteiger partial charge in [-0.05, 0) is 31.2 Å². The molecule has 142 valence electrons. The maximum Gasteiger partial charge on any atom is 0.422 e. The van der Waals surface area contributed by atoms with Crippen LogP contribution in [-0.2, 0) is 7.05 Å².